The topological polar surface area (TPSA) is 78.0 Å². The number of hydrogen-bond donors (Lipinski definition) is 0. The van der Waals surface area contributed by atoms with Crippen LogP contribution in [-0.2, 0) is 9.53 Å². The van der Waals surface area contributed by atoms with Crippen molar-refractivity contribution >= 4 is 22.8 Å². The second-order valence-electron chi connectivity index (χ2n) is 9.45. The van der Waals surface area contributed by atoms with Crippen LogP contribution in [-0.4, -0.2) is 48.1 Å². The van der Waals surface area contributed by atoms with Crippen LogP contribution in [0.3, 0.4) is 0 Å². The molecule has 4 heterocycles. The number of para-hydroxylation sites is 1. The van der Waals surface area contributed by atoms with E-state index in [9.17, 15) is 9.59 Å². The predicted octanol–water partition coefficient (Wildman–Crippen LogP) is 4.96. The van der Waals surface area contributed by atoms with Gasteiger partial charge in [0.2, 0.25) is 0 Å². The fourth-order valence-corrected chi connectivity index (χ4v) is 5.62. The number of nitrogens with zero attached hydrogens (tertiary/aromatic N) is 2. The van der Waals surface area contributed by atoms with Crippen LogP contribution in [0.25, 0.3) is 10.9 Å². The smallest absolute Gasteiger partial charge is 0.342 e. The van der Waals surface area contributed by atoms with Crippen molar-refractivity contribution in [1.29, 1.82) is 0 Å². The average molecular weight is 487 g/mol. The molecule has 3 aliphatic heterocycles. The largest absolute Gasteiger partial charge is 0.497 e. The quantitative estimate of drug-likeness (QED) is 0.265. The van der Waals surface area contributed by atoms with Gasteiger partial charge in [-0.2, -0.15) is 0 Å². The van der Waals surface area contributed by atoms with Gasteiger partial charge in [-0.05, 0) is 67.6 Å². The minimum absolute atomic E-state index is 0.00147. The summed E-state index contributed by atoms with van der Waals surface area (Å²) in [5.74, 6) is 0.796. The number of piperidine rings is 3. The first kappa shape index (κ1) is 24.0. The van der Waals surface area contributed by atoms with Crippen LogP contribution in [0.5, 0.6) is 11.5 Å². The van der Waals surface area contributed by atoms with E-state index < -0.39 is 18.0 Å². The number of hydrogen-bond acceptors (Lipinski definition) is 7. The van der Waals surface area contributed by atoms with E-state index in [1.165, 1.54) is 6.92 Å². The molecule has 0 N–H and O–H groups in total. The molecule has 0 spiro atoms. The molecule has 1 unspecified atom stereocenters. The summed E-state index contributed by atoms with van der Waals surface area (Å²) < 4.78 is 17.1. The van der Waals surface area contributed by atoms with Gasteiger partial charge in [-0.25, -0.2) is 4.79 Å². The van der Waals surface area contributed by atoms with Gasteiger partial charge >= 0.3 is 11.9 Å². The third kappa shape index (κ3) is 4.58. The van der Waals surface area contributed by atoms with Crippen LogP contribution in [0.2, 0.25) is 0 Å². The van der Waals surface area contributed by atoms with Crippen LogP contribution < -0.4 is 9.47 Å². The lowest BCUT2D eigenvalue weighted by atomic mass is 9.73. The highest BCUT2D eigenvalue weighted by molar-refractivity contribution is 5.94. The molecule has 3 aliphatic rings. The molecule has 0 aliphatic carbocycles. The second-order valence-corrected chi connectivity index (χ2v) is 9.45. The van der Waals surface area contributed by atoms with Crippen molar-refractivity contribution in [3.8, 4) is 11.5 Å². The van der Waals surface area contributed by atoms with Crippen molar-refractivity contribution in [2.24, 2.45) is 11.8 Å². The van der Waals surface area contributed by atoms with Gasteiger partial charge < -0.3 is 14.2 Å². The first-order chi connectivity index (χ1) is 17.5. The highest BCUT2D eigenvalue weighted by Crippen LogP contribution is 2.44. The summed E-state index contributed by atoms with van der Waals surface area (Å²) in [5, 5.41) is 0.880. The van der Waals surface area contributed by atoms with Gasteiger partial charge in [-0.3, -0.25) is 14.7 Å². The average Bonchev–Trinajstić information content (AvgIpc) is 2.91. The zero-order valence-corrected chi connectivity index (χ0v) is 20.6. The molecule has 7 nitrogen and oxygen atoms in total. The first-order valence-electron chi connectivity index (χ1n) is 12.3. The van der Waals surface area contributed by atoms with Crippen LogP contribution in [0.4, 0.5) is 0 Å². The van der Waals surface area contributed by atoms with E-state index in [2.05, 4.69) is 22.5 Å². The van der Waals surface area contributed by atoms with Crippen LogP contribution in [0.1, 0.15) is 41.8 Å². The second kappa shape index (κ2) is 10.1. The fourth-order valence-electron chi connectivity index (χ4n) is 5.62. The lowest BCUT2D eigenvalue weighted by Crippen LogP contribution is -2.55. The first-order valence-corrected chi connectivity index (χ1v) is 12.3. The molecule has 2 aromatic carbocycles. The predicted molar refractivity (Wildman–Crippen MR) is 136 cm³/mol. The Labute approximate surface area is 210 Å². The maximum absolute atomic E-state index is 13.6. The van der Waals surface area contributed by atoms with Crippen molar-refractivity contribution in [1.82, 2.24) is 9.88 Å². The van der Waals surface area contributed by atoms with Gasteiger partial charge in [0.25, 0.3) is 0 Å². The molecule has 5 atom stereocenters. The molecule has 36 heavy (non-hydrogen) atoms. The van der Waals surface area contributed by atoms with E-state index in [1.54, 1.807) is 37.6 Å². The minimum atomic E-state index is -0.547. The number of carbonyl (C=O) groups is 2. The Bertz CT molecular complexity index is 1310. The summed E-state index contributed by atoms with van der Waals surface area (Å²) in [6, 6.07) is 14.3. The van der Waals surface area contributed by atoms with Gasteiger partial charge in [0.05, 0.1) is 18.7 Å². The van der Waals surface area contributed by atoms with Gasteiger partial charge in [0.15, 0.2) is 0 Å². The van der Waals surface area contributed by atoms with Gasteiger partial charge in [-0.15, -0.1) is 6.58 Å². The van der Waals surface area contributed by atoms with E-state index >= 15 is 0 Å². The number of benzene rings is 2. The van der Waals surface area contributed by atoms with E-state index in [0.717, 1.165) is 42.4 Å². The van der Waals surface area contributed by atoms with Crippen LogP contribution >= 0.6 is 0 Å². The van der Waals surface area contributed by atoms with Gasteiger partial charge in [-0.1, -0.05) is 18.2 Å². The monoisotopic (exact) mass is 486 g/mol. The van der Waals surface area contributed by atoms with Crippen LogP contribution in [0, 0.1) is 11.8 Å². The van der Waals surface area contributed by atoms with E-state index in [4.69, 9.17) is 14.2 Å². The van der Waals surface area contributed by atoms with Crippen LogP contribution in [0.15, 0.2) is 67.4 Å². The van der Waals surface area contributed by atoms with Crippen molar-refractivity contribution in [2.45, 2.75) is 31.9 Å². The van der Waals surface area contributed by atoms with Gasteiger partial charge in [0.1, 0.15) is 23.2 Å². The Morgan fingerprint density at radius 2 is 2.03 bits per heavy atom. The Kier molecular flexibility index (Phi) is 6.74. The Morgan fingerprint density at radius 3 is 2.75 bits per heavy atom. The third-order valence-electron chi connectivity index (χ3n) is 7.39. The highest BCUT2D eigenvalue weighted by Gasteiger charge is 2.44. The summed E-state index contributed by atoms with van der Waals surface area (Å²) in [4.78, 5) is 32.1. The summed E-state index contributed by atoms with van der Waals surface area (Å²) in [6.45, 7) is 7.19. The number of aromatic nitrogens is 1. The summed E-state index contributed by atoms with van der Waals surface area (Å²) >= 11 is 0. The van der Waals surface area contributed by atoms with E-state index in [-0.39, 0.29) is 17.4 Å². The lowest BCUT2D eigenvalue weighted by molar-refractivity contribution is -0.131. The number of rotatable bonds is 7. The molecule has 3 fully saturated rings. The molecular formula is C29H30N2O5. The maximum atomic E-state index is 13.6. The summed E-state index contributed by atoms with van der Waals surface area (Å²) in [5.41, 5.74) is 1.90. The summed E-state index contributed by atoms with van der Waals surface area (Å²) in [7, 11) is 1.63. The molecule has 3 aromatic rings. The molecule has 0 radical (unpaired) electrons. The number of fused-ring (bicyclic) bond motifs is 4. The Hall–Kier alpha value is -3.71. The number of esters is 2. The Balaban J connectivity index is 1.57. The molecule has 7 heteroatoms. The number of ether oxygens (including phenoxy) is 3. The molecule has 186 valence electrons. The normalized spacial score (nSPS) is 23.6. The minimum Gasteiger partial charge on any atom is -0.497 e. The molecule has 0 saturated carbocycles. The number of pyridine rings is 1. The van der Waals surface area contributed by atoms with Crippen molar-refractivity contribution in [2.75, 3.05) is 20.2 Å². The molecule has 3 saturated heterocycles. The SMILES string of the molecule is C=C[C@H]1CN2CC[C@H]1C[C@@H]2[C@@H](OC(=O)c1ccccc1OC(C)=O)c1ccnc2ccc(OC)cc12. The van der Waals surface area contributed by atoms with E-state index in [0.29, 0.717) is 17.6 Å². The number of carbonyl (C=O) groups excluding carboxylic acids is 2. The zero-order chi connectivity index (χ0) is 25.2. The maximum Gasteiger partial charge on any atom is 0.342 e. The molecule has 6 rings (SSSR count). The molecule has 2 bridgehead atoms. The molecular weight excluding hydrogens is 456 g/mol. The zero-order valence-electron chi connectivity index (χ0n) is 20.6. The molecule has 1 aromatic heterocycles. The Morgan fingerprint density at radius 1 is 1.19 bits per heavy atom. The van der Waals surface area contributed by atoms with Gasteiger partial charge in [0, 0.05) is 30.6 Å². The van der Waals surface area contributed by atoms with Crippen molar-refractivity contribution in [3.05, 3.63) is 78.5 Å². The van der Waals surface area contributed by atoms with Crippen molar-refractivity contribution < 1.29 is 23.8 Å². The van der Waals surface area contributed by atoms with E-state index in [1.807, 2.05) is 24.3 Å². The third-order valence-corrected chi connectivity index (χ3v) is 7.39. The standard InChI is InChI=1S/C29H30N2O5/c1-4-19-17-31-14-12-20(19)15-26(31)28(22-11-13-30-25-10-9-21(34-3)16-24(22)25)36-29(33)23-7-5-6-8-27(23)35-18(2)32/h4-11,13,16,19-20,26,28H,1,12,14-15,17H2,2-3H3/t19-,20-,26+,28-/m0/s1. The fraction of sp³-hybridized carbons (Fsp3) is 0.345. The van der Waals surface area contributed by atoms with Crippen molar-refractivity contribution in [3.63, 3.8) is 0 Å². The summed E-state index contributed by atoms with van der Waals surface area (Å²) in [6.07, 6.45) is 5.26. The highest BCUT2D eigenvalue weighted by atomic mass is 16.6. The lowest BCUT2D eigenvalue weighted by Gasteiger charge is -2.51. The number of methoxy groups -OCH3 is 1. The molecule has 0 amide bonds.